The van der Waals surface area contributed by atoms with Crippen LogP contribution in [0.1, 0.15) is 13.3 Å². The Morgan fingerprint density at radius 2 is 2.10 bits per heavy atom. The van der Waals surface area contributed by atoms with E-state index in [-0.39, 0.29) is 16.3 Å². The first-order chi connectivity index (χ1) is 9.35. The molecule has 1 fully saturated rings. The number of nitro benzene ring substituents is 1. The molecule has 1 saturated carbocycles. The number of benzene rings is 1. The predicted molar refractivity (Wildman–Crippen MR) is 75.1 cm³/mol. The summed E-state index contributed by atoms with van der Waals surface area (Å²) < 4.78 is 26.7. The Hall–Kier alpha value is -1.67. The Balaban J connectivity index is 2.22. The second-order valence-electron chi connectivity index (χ2n) is 5.01. The zero-order valence-corrected chi connectivity index (χ0v) is 12.1. The summed E-state index contributed by atoms with van der Waals surface area (Å²) in [6.07, 6.45) is 1.02. The summed E-state index contributed by atoms with van der Waals surface area (Å²) in [5.74, 6) is 0.912. The van der Waals surface area contributed by atoms with Crippen LogP contribution in [0.3, 0.4) is 0 Å². The SMILES string of the molecule is CNc1ccc(S(=O)(=O)NCC2CC2C)cc1[N+](=O)[O-]. The predicted octanol–water partition coefficient (Wildman–Crippen LogP) is 1.57. The molecule has 0 saturated heterocycles. The van der Waals surface area contributed by atoms with Crippen LogP contribution in [0, 0.1) is 22.0 Å². The van der Waals surface area contributed by atoms with Crippen LogP contribution in [0.5, 0.6) is 0 Å². The van der Waals surface area contributed by atoms with Gasteiger partial charge in [0.1, 0.15) is 5.69 Å². The molecule has 7 nitrogen and oxygen atoms in total. The Bertz CT molecular complexity index is 630. The van der Waals surface area contributed by atoms with E-state index in [1.807, 2.05) is 0 Å². The molecule has 1 aromatic carbocycles. The van der Waals surface area contributed by atoms with E-state index in [9.17, 15) is 18.5 Å². The minimum absolute atomic E-state index is 0.0866. The molecule has 2 N–H and O–H groups in total. The lowest BCUT2D eigenvalue weighted by Crippen LogP contribution is -2.26. The number of sulfonamides is 1. The number of nitrogens with one attached hydrogen (secondary N) is 2. The maximum absolute atomic E-state index is 12.1. The van der Waals surface area contributed by atoms with Crippen molar-refractivity contribution in [3.63, 3.8) is 0 Å². The first-order valence-electron chi connectivity index (χ1n) is 6.31. The molecule has 1 aliphatic carbocycles. The van der Waals surface area contributed by atoms with Crippen molar-refractivity contribution in [1.82, 2.24) is 4.72 Å². The van der Waals surface area contributed by atoms with Gasteiger partial charge in [-0.2, -0.15) is 0 Å². The van der Waals surface area contributed by atoms with Crippen LogP contribution < -0.4 is 10.0 Å². The molecule has 2 unspecified atom stereocenters. The second kappa shape index (κ2) is 5.37. The zero-order chi connectivity index (χ0) is 14.9. The molecule has 0 bridgehead atoms. The lowest BCUT2D eigenvalue weighted by Gasteiger charge is -2.08. The van der Waals surface area contributed by atoms with Crippen LogP contribution in [0.15, 0.2) is 23.1 Å². The molecule has 0 spiro atoms. The van der Waals surface area contributed by atoms with E-state index in [0.29, 0.717) is 18.4 Å². The van der Waals surface area contributed by atoms with Crippen LogP contribution in [0.25, 0.3) is 0 Å². The normalized spacial score (nSPS) is 21.5. The number of nitrogens with zero attached hydrogens (tertiary/aromatic N) is 1. The number of nitro groups is 1. The molecule has 0 aromatic heterocycles. The fraction of sp³-hybridized carbons (Fsp3) is 0.500. The Kier molecular flexibility index (Phi) is 3.96. The fourth-order valence-electron chi connectivity index (χ4n) is 2.02. The summed E-state index contributed by atoms with van der Waals surface area (Å²) in [6.45, 7) is 2.44. The Labute approximate surface area is 117 Å². The summed E-state index contributed by atoms with van der Waals surface area (Å²) in [7, 11) is -2.16. The van der Waals surface area contributed by atoms with Crippen molar-refractivity contribution in [2.24, 2.45) is 11.8 Å². The average molecular weight is 299 g/mol. The van der Waals surface area contributed by atoms with Crippen molar-refractivity contribution in [2.75, 3.05) is 18.9 Å². The van der Waals surface area contributed by atoms with Crippen molar-refractivity contribution in [3.05, 3.63) is 28.3 Å². The maximum atomic E-state index is 12.1. The molecule has 0 radical (unpaired) electrons. The van der Waals surface area contributed by atoms with E-state index in [1.165, 1.54) is 12.1 Å². The molecule has 0 heterocycles. The van der Waals surface area contributed by atoms with Crippen molar-refractivity contribution in [3.8, 4) is 0 Å². The third-order valence-electron chi connectivity index (χ3n) is 3.56. The topological polar surface area (TPSA) is 101 Å². The average Bonchev–Trinajstić information content (AvgIpc) is 3.11. The van der Waals surface area contributed by atoms with E-state index in [1.54, 1.807) is 7.05 Å². The van der Waals surface area contributed by atoms with Gasteiger partial charge in [0, 0.05) is 19.7 Å². The standard InChI is InChI=1S/C12H17N3O4S/c1-8-5-9(8)7-14-20(18,19)10-3-4-11(13-2)12(6-10)15(16)17/h3-4,6,8-9,13-14H,5,7H2,1-2H3. The minimum atomic E-state index is -3.70. The highest BCUT2D eigenvalue weighted by Gasteiger charge is 2.33. The number of hydrogen-bond acceptors (Lipinski definition) is 5. The molecule has 2 atom stereocenters. The number of hydrogen-bond donors (Lipinski definition) is 2. The van der Waals surface area contributed by atoms with Gasteiger partial charge in [0.25, 0.3) is 5.69 Å². The molecule has 0 amide bonds. The summed E-state index contributed by atoms with van der Waals surface area (Å²) in [6, 6.07) is 3.83. The van der Waals surface area contributed by atoms with Crippen LogP contribution >= 0.6 is 0 Å². The van der Waals surface area contributed by atoms with Crippen molar-refractivity contribution < 1.29 is 13.3 Å². The van der Waals surface area contributed by atoms with Gasteiger partial charge in [0.15, 0.2) is 0 Å². The van der Waals surface area contributed by atoms with E-state index in [0.717, 1.165) is 12.5 Å². The Morgan fingerprint density at radius 1 is 1.45 bits per heavy atom. The maximum Gasteiger partial charge on any atom is 0.293 e. The van der Waals surface area contributed by atoms with Crippen molar-refractivity contribution in [2.45, 2.75) is 18.2 Å². The largest absolute Gasteiger partial charge is 0.383 e. The molecule has 0 aliphatic heterocycles. The molecule has 1 aliphatic rings. The highest BCUT2D eigenvalue weighted by molar-refractivity contribution is 7.89. The van der Waals surface area contributed by atoms with Crippen LogP contribution in [-0.2, 0) is 10.0 Å². The van der Waals surface area contributed by atoms with Gasteiger partial charge >= 0.3 is 0 Å². The molecule has 8 heteroatoms. The van der Waals surface area contributed by atoms with Crippen molar-refractivity contribution >= 4 is 21.4 Å². The molecule has 1 aromatic rings. The molecular weight excluding hydrogens is 282 g/mol. The van der Waals surface area contributed by atoms with Gasteiger partial charge in [0.05, 0.1) is 9.82 Å². The van der Waals surface area contributed by atoms with Crippen LogP contribution in [-0.4, -0.2) is 26.9 Å². The van der Waals surface area contributed by atoms with Gasteiger partial charge < -0.3 is 5.32 Å². The molecule has 20 heavy (non-hydrogen) atoms. The molecule has 110 valence electrons. The molecule has 2 rings (SSSR count). The highest BCUT2D eigenvalue weighted by Crippen LogP contribution is 2.37. The summed E-state index contributed by atoms with van der Waals surface area (Å²) in [5, 5.41) is 13.6. The number of rotatable bonds is 6. The van der Waals surface area contributed by atoms with Gasteiger partial charge in [-0.25, -0.2) is 13.1 Å². The lowest BCUT2D eigenvalue weighted by atomic mass is 10.3. The van der Waals surface area contributed by atoms with Crippen LogP contribution in [0.4, 0.5) is 11.4 Å². The summed E-state index contributed by atoms with van der Waals surface area (Å²) in [4.78, 5) is 10.2. The summed E-state index contributed by atoms with van der Waals surface area (Å²) in [5.41, 5.74) is 0.0277. The van der Waals surface area contributed by atoms with Gasteiger partial charge in [-0.05, 0) is 30.4 Å². The quantitative estimate of drug-likeness (QED) is 0.613. The first-order valence-corrected chi connectivity index (χ1v) is 7.79. The minimum Gasteiger partial charge on any atom is -0.383 e. The molecular formula is C12H17N3O4S. The van der Waals surface area contributed by atoms with Gasteiger partial charge in [0.2, 0.25) is 10.0 Å². The number of anilines is 1. The van der Waals surface area contributed by atoms with E-state index >= 15 is 0 Å². The van der Waals surface area contributed by atoms with Gasteiger partial charge in [-0.1, -0.05) is 6.92 Å². The smallest absolute Gasteiger partial charge is 0.293 e. The monoisotopic (exact) mass is 299 g/mol. The zero-order valence-electron chi connectivity index (χ0n) is 11.3. The third kappa shape index (κ3) is 3.07. The van der Waals surface area contributed by atoms with Crippen LogP contribution in [0.2, 0.25) is 0 Å². The fourth-order valence-corrected chi connectivity index (χ4v) is 3.14. The second-order valence-corrected chi connectivity index (χ2v) is 6.78. The first kappa shape index (κ1) is 14.7. The van der Waals surface area contributed by atoms with Gasteiger partial charge in [-0.3, -0.25) is 10.1 Å². The van der Waals surface area contributed by atoms with E-state index in [2.05, 4.69) is 17.0 Å². The lowest BCUT2D eigenvalue weighted by molar-refractivity contribution is -0.384. The third-order valence-corrected chi connectivity index (χ3v) is 4.98. The van der Waals surface area contributed by atoms with Gasteiger partial charge in [-0.15, -0.1) is 0 Å². The van der Waals surface area contributed by atoms with Crippen molar-refractivity contribution in [1.29, 1.82) is 0 Å². The summed E-state index contributed by atoms with van der Waals surface area (Å²) >= 11 is 0. The highest BCUT2D eigenvalue weighted by atomic mass is 32.2. The Morgan fingerprint density at radius 3 is 2.60 bits per heavy atom. The van der Waals surface area contributed by atoms with E-state index < -0.39 is 14.9 Å². The van der Waals surface area contributed by atoms with E-state index in [4.69, 9.17) is 0 Å².